The minimum absolute atomic E-state index is 0.630. The maximum Gasteiger partial charge on any atom is 0.137 e. The van der Waals surface area contributed by atoms with Crippen molar-refractivity contribution in [3.63, 3.8) is 0 Å². The topological polar surface area (TPSA) is 60.2 Å². The lowest BCUT2D eigenvalue weighted by Gasteiger charge is -2.12. The average molecular weight is 247 g/mol. The van der Waals surface area contributed by atoms with Crippen LogP contribution < -0.4 is 4.74 Å². The molecule has 2 rings (SSSR count). The van der Waals surface area contributed by atoms with Gasteiger partial charge in [-0.05, 0) is 19.9 Å². The van der Waals surface area contributed by atoms with Crippen molar-refractivity contribution >= 4 is 0 Å². The molecule has 18 heavy (non-hydrogen) atoms. The van der Waals surface area contributed by atoms with Crippen molar-refractivity contribution in [2.45, 2.75) is 20.0 Å². The third kappa shape index (κ3) is 2.09. The van der Waals surface area contributed by atoms with Crippen molar-refractivity contribution < 1.29 is 9.84 Å². The highest BCUT2D eigenvalue weighted by Crippen LogP contribution is 2.28. The van der Waals surface area contributed by atoms with E-state index in [0.29, 0.717) is 11.3 Å². The highest BCUT2D eigenvalue weighted by atomic mass is 16.5. The van der Waals surface area contributed by atoms with Crippen LogP contribution in [0.5, 0.6) is 5.75 Å². The first-order chi connectivity index (χ1) is 8.54. The van der Waals surface area contributed by atoms with Gasteiger partial charge in [-0.25, -0.2) is 0 Å². The van der Waals surface area contributed by atoms with Gasteiger partial charge in [-0.2, -0.15) is 5.10 Å². The van der Waals surface area contributed by atoms with E-state index in [0.717, 1.165) is 17.0 Å². The molecule has 2 aromatic heterocycles. The predicted molar refractivity (Wildman–Crippen MR) is 67.5 cm³/mol. The zero-order valence-corrected chi connectivity index (χ0v) is 11.0. The molecule has 2 aromatic rings. The van der Waals surface area contributed by atoms with Gasteiger partial charge < -0.3 is 9.84 Å². The second kappa shape index (κ2) is 4.78. The number of aryl methyl sites for hydroxylation is 2. The molecule has 96 valence electrons. The van der Waals surface area contributed by atoms with E-state index in [9.17, 15) is 5.11 Å². The van der Waals surface area contributed by atoms with Gasteiger partial charge >= 0.3 is 0 Å². The highest BCUT2D eigenvalue weighted by Gasteiger charge is 2.20. The molecule has 1 unspecified atom stereocenters. The van der Waals surface area contributed by atoms with Crippen LogP contribution in [0, 0.1) is 13.8 Å². The van der Waals surface area contributed by atoms with Gasteiger partial charge in [-0.3, -0.25) is 9.67 Å². The number of aliphatic hydroxyl groups is 1. The lowest BCUT2D eigenvalue weighted by atomic mass is 10.0. The Labute approximate surface area is 106 Å². The maximum absolute atomic E-state index is 10.4. The van der Waals surface area contributed by atoms with Crippen LogP contribution >= 0.6 is 0 Å². The van der Waals surface area contributed by atoms with E-state index in [2.05, 4.69) is 10.1 Å². The Hall–Kier alpha value is -1.88. The molecule has 0 fully saturated rings. The number of hydrogen-bond acceptors (Lipinski definition) is 4. The highest BCUT2D eigenvalue weighted by molar-refractivity contribution is 5.36. The van der Waals surface area contributed by atoms with Crippen LogP contribution in [0.15, 0.2) is 18.5 Å². The second-order valence-corrected chi connectivity index (χ2v) is 4.27. The fraction of sp³-hybridized carbons (Fsp3) is 0.385. The molecule has 0 radical (unpaired) electrons. The largest absolute Gasteiger partial charge is 0.495 e. The van der Waals surface area contributed by atoms with E-state index >= 15 is 0 Å². The maximum atomic E-state index is 10.4. The van der Waals surface area contributed by atoms with Gasteiger partial charge in [-0.1, -0.05) is 0 Å². The van der Waals surface area contributed by atoms with E-state index in [-0.39, 0.29) is 0 Å². The van der Waals surface area contributed by atoms with Crippen LogP contribution in [0.25, 0.3) is 0 Å². The fourth-order valence-electron chi connectivity index (χ4n) is 2.05. The number of rotatable bonds is 3. The van der Waals surface area contributed by atoms with Crippen molar-refractivity contribution in [2.75, 3.05) is 7.11 Å². The number of pyridine rings is 1. The number of aliphatic hydroxyl groups excluding tert-OH is 1. The summed E-state index contributed by atoms with van der Waals surface area (Å²) in [4.78, 5) is 4.06. The average Bonchev–Trinajstić information content (AvgIpc) is 2.62. The van der Waals surface area contributed by atoms with Gasteiger partial charge in [0.2, 0.25) is 0 Å². The first-order valence-electron chi connectivity index (χ1n) is 5.71. The second-order valence-electron chi connectivity index (χ2n) is 4.27. The minimum Gasteiger partial charge on any atom is -0.495 e. The zero-order chi connectivity index (χ0) is 13.3. The van der Waals surface area contributed by atoms with Crippen molar-refractivity contribution in [2.24, 2.45) is 7.05 Å². The molecular formula is C13H17N3O2. The number of hydrogen-bond donors (Lipinski definition) is 1. The molecule has 5 heteroatoms. The third-order valence-corrected chi connectivity index (χ3v) is 3.12. The summed E-state index contributed by atoms with van der Waals surface area (Å²) in [6, 6.07) is 1.78. The molecule has 0 spiro atoms. The molecule has 1 atom stereocenters. The quantitative estimate of drug-likeness (QED) is 0.893. The summed E-state index contributed by atoms with van der Waals surface area (Å²) in [5.74, 6) is 0.630. The number of aromatic nitrogens is 3. The van der Waals surface area contributed by atoms with Crippen molar-refractivity contribution in [1.82, 2.24) is 14.8 Å². The van der Waals surface area contributed by atoms with E-state index in [1.165, 1.54) is 0 Å². The standard InChI is InChI=1S/C13H17N3O2/c1-8-12(9(2)16(3)15-8)13(17)10-5-11(18-4)7-14-6-10/h5-7,13,17H,1-4H3. The van der Waals surface area contributed by atoms with Gasteiger partial charge in [0, 0.05) is 30.1 Å². The van der Waals surface area contributed by atoms with Crippen LogP contribution in [0.4, 0.5) is 0 Å². The summed E-state index contributed by atoms with van der Waals surface area (Å²) in [7, 11) is 3.44. The first-order valence-corrected chi connectivity index (χ1v) is 5.71. The van der Waals surface area contributed by atoms with Gasteiger partial charge in [0.05, 0.1) is 19.0 Å². The predicted octanol–water partition coefficient (Wildman–Crippen LogP) is 1.52. The smallest absolute Gasteiger partial charge is 0.137 e. The molecule has 5 nitrogen and oxygen atoms in total. The van der Waals surface area contributed by atoms with Crippen molar-refractivity contribution in [3.8, 4) is 5.75 Å². The monoisotopic (exact) mass is 247 g/mol. The molecule has 0 saturated heterocycles. The molecule has 0 aromatic carbocycles. The zero-order valence-electron chi connectivity index (χ0n) is 11.0. The summed E-state index contributed by atoms with van der Waals surface area (Å²) in [6.45, 7) is 3.82. The summed E-state index contributed by atoms with van der Waals surface area (Å²) in [6.07, 6.45) is 2.51. The number of ether oxygens (including phenoxy) is 1. The van der Waals surface area contributed by atoms with E-state index < -0.39 is 6.10 Å². The molecule has 2 heterocycles. The van der Waals surface area contributed by atoms with Gasteiger partial charge in [0.1, 0.15) is 11.9 Å². The van der Waals surface area contributed by atoms with E-state index in [4.69, 9.17) is 4.74 Å². The Balaban J connectivity index is 2.44. The molecule has 0 bridgehead atoms. The number of methoxy groups -OCH3 is 1. The summed E-state index contributed by atoms with van der Waals surface area (Å²) >= 11 is 0. The molecule has 0 aliphatic heterocycles. The lowest BCUT2D eigenvalue weighted by molar-refractivity contribution is 0.217. The molecule has 0 aliphatic carbocycles. The number of nitrogens with zero attached hydrogens (tertiary/aromatic N) is 3. The summed E-state index contributed by atoms with van der Waals surface area (Å²) in [5.41, 5.74) is 3.30. The first kappa shape index (κ1) is 12.6. The Kier molecular flexibility index (Phi) is 3.34. The molecule has 0 aliphatic rings. The van der Waals surface area contributed by atoms with Crippen molar-refractivity contribution in [1.29, 1.82) is 0 Å². The third-order valence-electron chi connectivity index (χ3n) is 3.12. The van der Waals surface area contributed by atoms with Crippen LogP contribution in [0.2, 0.25) is 0 Å². The van der Waals surface area contributed by atoms with Crippen LogP contribution in [0.3, 0.4) is 0 Å². The van der Waals surface area contributed by atoms with Crippen LogP contribution in [-0.4, -0.2) is 27.0 Å². The molecular weight excluding hydrogens is 230 g/mol. The fourth-order valence-corrected chi connectivity index (χ4v) is 2.05. The van der Waals surface area contributed by atoms with E-state index in [1.54, 1.807) is 30.3 Å². The lowest BCUT2D eigenvalue weighted by Crippen LogP contribution is -2.04. The molecule has 0 saturated carbocycles. The Morgan fingerprint density at radius 2 is 2.06 bits per heavy atom. The molecule has 1 N–H and O–H groups in total. The Bertz CT molecular complexity index is 563. The summed E-state index contributed by atoms with van der Waals surface area (Å²) < 4.78 is 6.88. The van der Waals surface area contributed by atoms with Gasteiger partial charge in [0.25, 0.3) is 0 Å². The normalized spacial score (nSPS) is 12.5. The van der Waals surface area contributed by atoms with Gasteiger partial charge in [-0.15, -0.1) is 0 Å². The minimum atomic E-state index is -0.735. The van der Waals surface area contributed by atoms with Crippen molar-refractivity contribution in [3.05, 3.63) is 41.0 Å². The van der Waals surface area contributed by atoms with E-state index in [1.807, 2.05) is 20.9 Å². The van der Waals surface area contributed by atoms with Gasteiger partial charge in [0.15, 0.2) is 0 Å². The van der Waals surface area contributed by atoms with Crippen LogP contribution in [-0.2, 0) is 7.05 Å². The van der Waals surface area contributed by atoms with Crippen LogP contribution in [0.1, 0.15) is 28.6 Å². The molecule has 0 amide bonds. The SMILES string of the molecule is COc1cncc(C(O)c2c(C)nn(C)c2C)c1. The summed E-state index contributed by atoms with van der Waals surface area (Å²) in [5, 5.41) is 14.7. The Morgan fingerprint density at radius 3 is 2.61 bits per heavy atom. The Morgan fingerprint density at radius 1 is 1.33 bits per heavy atom.